The van der Waals surface area contributed by atoms with Gasteiger partial charge in [-0.25, -0.2) is 9.18 Å². The SMILES string of the molecule is CC(C)COCCCNc1ccc(F)c(N)c1C(=O)O. The van der Waals surface area contributed by atoms with Gasteiger partial charge in [0.05, 0.1) is 11.4 Å². The highest BCUT2D eigenvalue weighted by molar-refractivity contribution is 6.00. The molecule has 0 heterocycles. The van der Waals surface area contributed by atoms with Crippen molar-refractivity contribution in [3.05, 3.63) is 23.5 Å². The van der Waals surface area contributed by atoms with Crippen LogP contribution in [0.15, 0.2) is 12.1 Å². The molecule has 0 radical (unpaired) electrons. The first-order valence-corrected chi connectivity index (χ1v) is 6.56. The van der Waals surface area contributed by atoms with Crippen LogP contribution in [0.1, 0.15) is 30.6 Å². The first kappa shape index (κ1) is 16.2. The number of anilines is 2. The average molecular weight is 284 g/mol. The number of carboxylic acids is 1. The van der Waals surface area contributed by atoms with E-state index in [1.54, 1.807) is 0 Å². The number of nitrogens with one attached hydrogen (secondary N) is 1. The van der Waals surface area contributed by atoms with Gasteiger partial charge in [-0.2, -0.15) is 0 Å². The zero-order chi connectivity index (χ0) is 15.1. The van der Waals surface area contributed by atoms with Crippen molar-refractivity contribution in [1.29, 1.82) is 0 Å². The number of hydrogen-bond acceptors (Lipinski definition) is 4. The normalized spacial score (nSPS) is 10.8. The van der Waals surface area contributed by atoms with E-state index in [0.29, 0.717) is 31.4 Å². The number of nitrogens with two attached hydrogens (primary N) is 1. The van der Waals surface area contributed by atoms with Crippen LogP contribution >= 0.6 is 0 Å². The minimum atomic E-state index is -1.25. The lowest BCUT2D eigenvalue weighted by molar-refractivity contribution is 0.0698. The Hall–Kier alpha value is -1.82. The molecular formula is C14H21FN2O3. The van der Waals surface area contributed by atoms with Gasteiger partial charge in [0, 0.05) is 19.8 Å². The van der Waals surface area contributed by atoms with Gasteiger partial charge in [0.2, 0.25) is 0 Å². The highest BCUT2D eigenvalue weighted by atomic mass is 19.1. The number of benzene rings is 1. The third kappa shape index (κ3) is 4.70. The van der Waals surface area contributed by atoms with Crippen LogP contribution in [-0.2, 0) is 4.74 Å². The van der Waals surface area contributed by atoms with E-state index in [1.165, 1.54) is 6.07 Å². The molecule has 0 aromatic heterocycles. The number of halogens is 1. The van der Waals surface area contributed by atoms with Crippen molar-refractivity contribution in [1.82, 2.24) is 0 Å². The molecule has 6 heteroatoms. The number of hydrogen-bond donors (Lipinski definition) is 3. The van der Waals surface area contributed by atoms with Gasteiger partial charge in [0.1, 0.15) is 11.4 Å². The minimum Gasteiger partial charge on any atom is -0.478 e. The number of ether oxygens (including phenoxy) is 1. The summed E-state index contributed by atoms with van der Waals surface area (Å²) < 4.78 is 18.7. The molecule has 0 aliphatic carbocycles. The molecule has 112 valence electrons. The zero-order valence-corrected chi connectivity index (χ0v) is 11.8. The molecule has 1 aromatic rings. The summed E-state index contributed by atoms with van der Waals surface area (Å²) >= 11 is 0. The van der Waals surface area contributed by atoms with E-state index in [1.807, 2.05) is 0 Å². The van der Waals surface area contributed by atoms with Crippen molar-refractivity contribution in [2.75, 3.05) is 30.8 Å². The van der Waals surface area contributed by atoms with Gasteiger partial charge in [0.15, 0.2) is 0 Å². The molecule has 0 amide bonds. The lowest BCUT2D eigenvalue weighted by Crippen LogP contribution is -2.13. The standard InChI is InChI=1S/C14H21FN2O3/c1-9(2)8-20-7-3-6-17-11-5-4-10(15)13(16)12(11)14(18)19/h4-5,9,17H,3,6-8,16H2,1-2H3,(H,18,19). The number of carboxylic acid groups (broad SMARTS) is 1. The Bertz CT molecular complexity index is 464. The van der Waals surface area contributed by atoms with E-state index in [4.69, 9.17) is 15.6 Å². The predicted octanol–water partition coefficient (Wildman–Crippen LogP) is 2.58. The Morgan fingerprint density at radius 1 is 1.50 bits per heavy atom. The van der Waals surface area contributed by atoms with Crippen LogP contribution in [-0.4, -0.2) is 30.8 Å². The fourth-order valence-electron chi connectivity index (χ4n) is 1.69. The molecule has 0 saturated carbocycles. The number of carbonyl (C=O) groups is 1. The van der Waals surface area contributed by atoms with E-state index in [2.05, 4.69) is 19.2 Å². The Balaban J connectivity index is 2.52. The van der Waals surface area contributed by atoms with Crippen molar-refractivity contribution in [3.63, 3.8) is 0 Å². The number of rotatable bonds is 8. The summed E-state index contributed by atoms with van der Waals surface area (Å²) in [7, 11) is 0. The third-order valence-electron chi connectivity index (χ3n) is 2.64. The van der Waals surface area contributed by atoms with Crippen LogP contribution in [0.2, 0.25) is 0 Å². The van der Waals surface area contributed by atoms with Crippen LogP contribution in [0.5, 0.6) is 0 Å². The average Bonchev–Trinajstić information content (AvgIpc) is 2.36. The zero-order valence-electron chi connectivity index (χ0n) is 11.8. The maximum Gasteiger partial charge on any atom is 0.340 e. The Morgan fingerprint density at radius 2 is 2.20 bits per heavy atom. The smallest absolute Gasteiger partial charge is 0.340 e. The molecule has 1 aromatic carbocycles. The third-order valence-corrected chi connectivity index (χ3v) is 2.64. The fraction of sp³-hybridized carbons (Fsp3) is 0.500. The van der Waals surface area contributed by atoms with Gasteiger partial charge in [0.25, 0.3) is 0 Å². The second-order valence-corrected chi connectivity index (χ2v) is 4.94. The molecular weight excluding hydrogens is 263 g/mol. The topological polar surface area (TPSA) is 84.6 Å². The quantitative estimate of drug-likeness (QED) is 0.504. The van der Waals surface area contributed by atoms with Crippen LogP contribution < -0.4 is 11.1 Å². The molecule has 0 unspecified atom stereocenters. The summed E-state index contributed by atoms with van der Waals surface area (Å²) in [5.74, 6) is -1.49. The highest BCUT2D eigenvalue weighted by Crippen LogP contribution is 2.25. The molecule has 0 atom stereocenters. The van der Waals surface area contributed by atoms with Crippen molar-refractivity contribution in [2.24, 2.45) is 5.92 Å². The summed E-state index contributed by atoms with van der Waals surface area (Å²) in [6.07, 6.45) is 0.725. The van der Waals surface area contributed by atoms with Crippen LogP contribution in [0.4, 0.5) is 15.8 Å². The van der Waals surface area contributed by atoms with E-state index >= 15 is 0 Å². The summed E-state index contributed by atoms with van der Waals surface area (Å²) in [5.41, 5.74) is 5.19. The summed E-state index contributed by atoms with van der Waals surface area (Å²) in [6.45, 7) is 5.95. The predicted molar refractivity (Wildman–Crippen MR) is 76.5 cm³/mol. The molecule has 0 aliphatic heterocycles. The molecule has 0 fully saturated rings. The van der Waals surface area contributed by atoms with E-state index in [-0.39, 0.29) is 11.3 Å². The molecule has 1 rings (SSSR count). The van der Waals surface area contributed by atoms with Crippen molar-refractivity contribution >= 4 is 17.3 Å². The van der Waals surface area contributed by atoms with Crippen molar-refractivity contribution in [2.45, 2.75) is 20.3 Å². The van der Waals surface area contributed by atoms with Gasteiger partial charge in [-0.1, -0.05) is 13.8 Å². The van der Waals surface area contributed by atoms with Gasteiger partial charge < -0.3 is 20.9 Å². The van der Waals surface area contributed by atoms with Crippen molar-refractivity contribution in [3.8, 4) is 0 Å². The molecule has 20 heavy (non-hydrogen) atoms. The number of nitrogen functional groups attached to an aromatic ring is 1. The first-order valence-electron chi connectivity index (χ1n) is 6.56. The van der Waals surface area contributed by atoms with Crippen molar-refractivity contribution < 1.29 is 19.0 Å². The Morgan fingerprint density at radius 3 is 2.80 bits per heavy atom. The minimum absolute atomic E-state index is 0.229. The van der Waals surface area contributed by atoms with E-state index in [9.17, 15) is 9.18 Å². The monoisotopic (exact) mass is 284 g/mol. The van der Waals surface area contributed by atoms with Gasteiger partial charge in [-0.3, -0.25) is 0 Å². The van der Waals surface area contributed by atoms with Crippen LogP contribution in [0.3, 0.4) is 0 Å². The Labute approximate surface area is 117 Å². The van der Waals surface area contributed by atoms with E-state index in [0.717, 1.165) is 12.5 Å². The molecule has 4 N–H and O–H groups in total. The number of aromatic carboxylic acids is 1. The van der Waals surface area contributed by atoms with Gasteiger partial charge >= 0.3 is 5.97 Å². The summed E-state index contributed by atoms with van der Waals surface area (Å²) in [6, 6.07) is 2.53. The fourth-order valence-corrected chi connectivity index (χ4v) is 1.69. The molecule has 5 nitrogen and oxygen atoms in total. The summed E-state index contributed by atoms with van der Waals surface area (Å²) in [5, 5.41) is 12.0. The summed E-state index contributed by atoms with van der Waals surface area (Å²) in [4.78, 5) is 11.1. The highest BCUT2D eigenvalue weighted by Gasteiger charge is 2.16. The Kier molecular flexibility index (Phi) is 6.24. The van der Waals surface area contributed by atoms with Gasteiger partial charge in [-0.15, -0.1) is 0 Å². The van der Waals surface area contributed by atoms with Gasteiger partial charge in [-0.05, 0) is 24.5 Å². The largest absolute Gasteiger partial charge is 0.478 e. The van der Waals surface area contributed by atoms with E-state index < -0.39 is 11.8 Å². The first-order chi connectivity index (χ1) is 9.43. The molecule has 0 bridgehead atoms. The molecule has 0 spiro atoms. The van der Waals surface area contributed by atoms with Crippen LogP contribution in [0.25, 0.3) is 0 Å². The maximum atomic E-state index is 13.2. The lowest BCUT2D eigenvalue weighted by atomic mass is 10.1. The lowest BCUT2D eigenvalue weighted by Gasteiger charge is -2.12. The molecule has 0 saturated heterocycles. The van der Waals surface area contributed by atoms with Crippen LogP contribution in [0, 0.1) is 11.7 Å². The maximum absolute atomic E-state index is 13.2. The second kappa shape index (κ2) is 7.69. The molecule has 0 aliphatic rings. The second-order valence-electron chi connectivity index (χ2n) is 4.94.